The molecule has 11 nitrogen and oxygen atoms in total. The summed E-state index contributed by atoms with van der Waals surface area (Å²) in [5.41, 5.74) is 0.583. The number of carbonyl (C=O) groups is 3. The first-order valence-electron chi connectivity index (χ1n) is 8.76. The van der Waals surface area contributed by atoms with Crippen LogP contribution in [0.15, 0.2) is 35.5 Å². The van der Waals surface area contributed by atoms with Crippen LogP contribution in [-0.2, 0) is 36.1 Å². The number of methoxy groups -OCH3 is 1. The Morgan fingerprint density at radius 2 is 1.97 bits per heavy atom. The summed E-state index contributed by atoms with van der Waals surface area (Å²) in [6.45, 7) is 0.889. The van der Waals surface area contributed by atoms with Crippen LogP contribution in [0, 0.1) is 6.92 Å². The summed E-state index contributed by atoms with van der Waals surface area (Å²) in [6.07, 6.45) is 1.09. The number of imidazole rings is 1. The van der Waals surface area contributed by atoms with E-state index in [1.54, 1.807) is 30.7 Å². The quantitative estimate of drug-likeness (QED) is 0.534. The summed E-state index contributed by atoms with van der Waals surface area (Å²) in [5, 5.41) is 2.33. The first-order valence-corrected chi connectivity index (χ1v) is 10.2. The second-order valence-electron chi connectivity index (χ2n) is 6.17. The summed E-state index contributed by atoms with van der Waals surface area (Å²) >= 11 is 0. The number of carbonyl (C=O) groups excluding carboxylic acids is 3. The van der Waals surface area contributed by atoms with Gasteiger partial charge in [-0.2, -0.15) is 0 Å². The third-order valence-electron chi connectivity index (χ3n) is 3.91. The van der Waals surface area contributed by atoms with Crippen molar-refractivity contribution < 1.29 is 32.3 Å². The molecule has 30 heavy (non-hydrogen) atoms. The molecule has 0 aliphatic rings. The normalized spacial score (nSPS) is 11.0. The van der Waals surface area contributed by atoms with Gasteiger partial charge < -0.3 is 19.4 Å². The third kappa shape index (κ3) is 6.39. The Labute approximate surface area is 173 Å². The molecule has 0 fully saturated rings. The van der Waals surface area contributed by atoms with Crippen molar-refractivity contribution in [2.24, 2.45) is 7.05 Å². The average molecular weight is 438 g/mol. The Bertz CT molecular complexity index is 1030. The molecule has 0 unspecified atom stereocenters. The topological polar surface area (TPSA) is 146 Å². The number of rotatable bonds is 9. The highest BCUT2D eigenvalue weighted by Gasteiger charge is 2.19. The average Bonchev–Trinajstić information content (AvgIpc) is 3.05. The Balaban J connectivity index is 1.76. The Morgan fingerprint density at radius 1 is 1.23 bits per heavy atom. The lowest BCUT2D eigenvalue weighted by Gasteiger charge is -2.08. The van der Waals surface area contributed by atoms with Gasteiger partial charge in [-0.15, -0.1) is 0 Å². The molecule has 1 aromatic heterocycles. The van der Waals surface area contributed by atoms with Gasteiger partial charge in [-0.05, 0) is 25.1 Å². The van der Waals surface area contributed by atoms with Crippen LogP contribution in [0.4, 0.5) is 5.69 Å². The van der Waals surface area contributed by atoms with Crippen LogP contribution in [-0.4, -0.2) is 56.1 Å². The number of aromatic nitrogens is 2. The molecule has 0 saturated heterocycles. The van der Waals surface area contributed by atoms with Crippen LogP contribution in [0.1, 0.15) is 22.6 Å². The Kier molecular flexibility index (Phi) is 7.66. The number of hydrogen-bond donors (Lipinski definition) is 2. The molecule has 0 spiro atoms. The van der Waals surface area contributed by atoms with Crippen molar-refractivity contribution in [2.45, 2.75) is 18.4 Å². The van der Waals surface area contributed by atoms with Crippen LogP contribution in [0.5, 0.6) is 0 Å². The molecule has 0 atom stereocenters. The van der Waals surface area contributed by atoms with Crippen molar-refractivity contribution in [3.8, 4) is 0 Å². The minimum absolute atomic E-state index is 0.149. The number of sulfonamides is 1. The number of nitrogens with zero attached hydrogens (tertiary/aromatic N) is 2. The first-order chi connectivity index (χ1) is 14.1. The Hall–Kier alpha value is -3.25. The fourth-order valence-electron chi connectivity index (χ4n) is 2.27. The monoisotopic (exact) mass is 438 g/mol. The van der Waals surface area contributed by atoms with E-state index in [1.165, 1.54) is 25.4 Å². The van der Waals surface area contributed by atoms with Crippen molar-refractivity contribution >= 4 is 33.6 Å². The molecule has 1 amide bonds. The highest BCUT2D eigenvalue weighted by atomic mass is 32.2. The number of nitrogens with one attached hydrogen (secondary N) is 2. The van der Waals surface area contributed by atoms with Gasteiger partial charge in [-0.1, -0.05) is 6.07 Å². The molecule has 2 aromatic rings. The zero-order valence-electron chi connectivity index (χ0n) is 16.7. The number of anilines is 1. The molecule has 1 aromatic carbocycles. The van der Waals surface area contributed by atoms with Gasteiger partial charge in [0.15, 0.2) is 11.6 Å². The van der Waals surface area contributed by atoms with E-state index in [4.69, 9.17) is 4.74 Å². The molecule has 0 saturated carbocycles. The lowest BCUT2D eigenvalue weighted by molar-refractivity contribution is -0.147. The molecular formula is C18H22N4O7S. The van der Waals surface area contributed by atoms with Gasteiger partial charge in [0.25, 0.3) is 15.9 Å². The smallest absolute Gasteiger partial charge is 0.337 e. The second-order valence-corrected chi connectivity index (χ2v) is 7.88. The zero-order chi connectivity index (χ0) is 22.3. The minimum Gasteiger partial charge on any atom is -0.465 e. The molecule has 0 aliphatic heterocycles. The molecule has 0 radical (unpaired) electrons. The maximum Gasteiger partial charge on any atom is 0.337 e. The molecule has 0 aliphatic carbocycles. The molecule has 12 heteroatoms. The first kappa shape index (κ1) is 23.0. The molecular weight excluding hydrogens is 416 g/mol. The van der Waals surface area contributed by atoms with Gasteiger partial charge in [-0.25, -0.2) is 22.9 Å². The van der Waals surface area contributed by atoms with Gasteiger partial charge in [-0.3, -0.25) is 9.59 Å². The van der Waals surface area contributed by atoms with Crippen molar-refractivity contribution in [3.63, 3.8) is 0 Å². The van der Waals surface area contributed by atoms with Gasteiger partial charge in [0.1, 0.15) is 5.82 Å². The second kappa shape index (κ2) is 9.98. The van der Waals surface area contributed by atoms with E-state index >= 15 is 0 Å². The summed E-state index contributed by atoms with van der Waals surface area (Å²) in [4.78, 5) is 39.0. The van der Waals surface area contributed by atoms with E-state index in [2.05, 4.69) is 19.8 Å². The van der Waals surface area contributed by atoms with Crippen LogP contribution < -0.4 is 10.0 Å². The largest absolute Gasteiger partial charge is 0.465 e. The van der Waals surface area contributed by atoms with Crippen LogP contribution in [0.2, 0.25) is 0 Å². The van der Waals surface area contributed by atoms with Crippen molar-refractivity contribution in [3.05, 3.63) is 41.9 Å². The van der Waals surface area contributed by atoms with E-state index in [0.717, 1.165) is 0 Å². The van der Waals surface area contributed by atoms with Gasteiger partial charge in [0.2, 0.25) is 0 Å². The zero-order valence-corrected chi connectivity index (χ0v) is 17.5. The van der Waals surface area contributed by atoms with Crippen molar-refractivity contribution in [2.75, 3.05) is 25.6 Å². The lowest BCUT2D eigenvalue weighted by Crippen LogP contribution is -2.28. The standard InChI is InChI=1S/C18H22N4O7S/c1-12-20-16(10-22(12)2)30(26,27)19-8-7-17(24)29-11-15(23)21-14-6-4-5-13(9-14)18(25)28-3/h4-6,9-10,19H,7-8,11H2,1-3H3,(H,21,23). The summed E-state index contributed by atoms with van der Waals surface area (Å²) in [7, 11) is -0.947. The molecule has 162 valence electrons. The number of esters is 2. The SMILES string of the molecule is COC(=O)c1cccc(NC(=O)COC(=O)CCNS(=O)(=O)c2cn(C)c(C)n2)c1. The molecule has 2 N–H and O–H groups in total. The summed E-state index contributed by atoms with van der Waals surface area (Å²) in [6, 6.07) is 6.05. The van der Waals surface area contributed by atoms with Crippen molar-refractivity contribution in [1.82, 2.24) is 14.3 Å². The number of aryl methyl sites for hydroxylation is 2. The predicted octanol–water partition coefficient (Wildman–Crippen LogP) is 0.365. The van der Waals surface area contributed by atoms with Crippen LogP contribution in [0.25, 0.3) is 0 Å². The molecule has 1 heterocycles. The van der Waals surface area contributed by atoms with Gasteiger partial charge in [0.05, 0.1) is 19.1 Å². The van der Waals surface area contributed by atoms with Crippen LogP contribution >= 0.6 is 0 Å². The summed E-state index contributed by atoms with van der Waals surface area (Å²) in [5.74, 6) is -1.40. The fourth-order valence-corrected chi connectivity index (χ4v) is 3.34. The van der Waals surface area contributed by atoms with Gasteiger partial charge in [0, 0.05) is 25.5 Å². The number of amides is 1. The van der Waals surface area contributed by atoms with Crippen molar-refractivity contribution in [1.29, 1.82) is 0 Å². The number of ether oxygens (including phenoxy) is 2. The fraction of sp³-hybridized carbons (Fsp3) is 0.333. The number of hydrogen-bond acceptors (Lipinski definition) is 8. The van der Waals surface area contributed by atoms with E-state index in [0.29, 0.717) is 11.5 Å². The Morgan fingerprint density at radius 3 is 2.60 bits per heavy atom. The molecule has 2 rings (SSSR count). The highest BCUT2D eigenvalue weighted by molar-refractivity contribution is 7.89. The third-order valence-corrected chi connectivity index (χ3v) is 5.25. The predicted molar refractivity (Wildman–Crippen MR) is 105 cm³/mol. The minimum atomic E-state index is -3.85. The van der Waals surface area contributed by atoms with Gasteiger partial charge >= 0.3 is 11.9 Å². The maximum atomic E-state index is 12.1. The molecule has 0 bridgehead atoms. The van der Waals surface area contributed by atoms with E-state index in [1.807, 2.05) is 0 Å². The highest BCUT2D eigenvalue weighted by Crippen LogP contribution is 2.11. The van der Waals surface area contributed by atoms with Crippen LogP contribution in [0.3, 0.4) is 0 Å². The summed E-state index contributed by atoms with van der Waals surface area (Å²) < 4.78 is 37.4. The lowest BCUT2D eigenvalue weighted by atomic mass is 10.2. The maximum absolute atomic E-state index is 12.1. The van der Waals surface area contributed by atoms with E-state index < -0.39 is 34.5 Å². The van der Waals surface area contributed by atoms with E-state index in [-0.39, 0.29) is 23.6 Å². The number of benzene rings is 1. The van der Waals surface area contributed by atoms with E-state index in [9.17, 15) is 22.8 Å².